The number of nitrogens with zero attached hydrogens (tertiary/aromatic N) is 1. The van der Waals surface area contributed by atoms with Crippen LogP contribution < -0.4 is 21.7 Å². The largest absolute Gasteiger partial charge is 0.444 e. The van der Waals surface area contributed by atoms with Gasteiger partial charge in [-0.05, 0) is 88.3 Å². The van der Waals surface area contributed by atoms with Gasteiger partial charge in [0.25, 0.3) is 0 Å². The molecule has 2 aromatic carbocycles. The van der Waals surface area contributed by atoms with E-state index in [-0.39, 0.29) is 22.1 Å². The van der Waals surface area contributed by atoms with Gasteiger partial charge in [-0.2, -0.15) is 0 Å². The molecule has 46 heavy (non-hydrogen) atoms. The molecule has 0 spiro atoms. The lowest BCUT2D eigenvalue weighted by Gasteiger charge is -2.18. The van der Waals surface area contributed by atoms with Crippen molar-refractivity contribution in [3.8, 4) is 11.1 Å². The van der Waals surface area contributed by atoms with Crippen LogP contribution >= 0.6 is 23.1 Å². The zero-order valence-corrected chi connectivity index (χ0v) is 29.7. The molecular weight excluding hydrogens is 671 g/mol. The summed E-state index contributed by atoms with van der Waals surface area (Å²) < 4.78 is 56.1. The van der Waals surface area contributed by atoms with Crippen LogP contribution in [0.3, 0.4) is 0 Å². The lowest BCUT2D eigenvalue weighted by Crippen LogP contribution is -2.31. The molecule has 0 aliphatic carbocycles. The fraction of sp³-hybridized carbons (Fsp3) is 0.367. The highest BCUT2D eigenvalue weighted by molar-refractivity contribution is 8.01. The number of unbranched alkanes of at least 4 members (excludes halogenated alkanes) is 1. The van der Waals surface area contributed by atoms with Crippen molar-refractivity contribution < 1.29 is 31.2 Å². The van der Waals surface area contributed by atoms with Crippen molar-refractivity contribution in [2.45, 2.75) is 60.1 Å². The van der Waals surface area contributed by atoms with Gasteiger partial charge < -0.3 is 21.1 Å². The predicted molar refractivity (Wildman–Crippen MR) is 186 cm³/mol. The van der Waals surface area contributed by atoms with Crippen LogP contribution in [-0.2, 0) is 24.4 Å². The standard InChI is InChI=1S/C30H39N5O7S4/c1-19-14-21(31)16-23(35-28(36)32-12-7-8-13-45(6,38)39)26(19)20-10-9-11-22(15-20)46(40,41)24-17-25(44-27(24)43-5)33-18-34-29(37)42-30(2,3)4/h9-11,14-18H,7-8,12-13,31H2,1-6H3,(H2,32,35,36)(H,33,34,37). The van der Waals surface area contributed by atoms with Crippen molar-refractivity contribution in [3.63, 3.8) is 0 Å². The number of urea groups is 1. The van der Waals surface area contributed by atoms with Gasteiger partial charge in [-0.15, -0.1) is 23.1 Å². The van der Waals surface area contributed by atoms with E-state index in [1.54, 1.807) is 58.2 Å². The summed E-state index contributed by atoms with van der Waals surface area (Å²) in [5, 5.41) is 8.29. The van der Waals surface area contributed by atoms with E-state index < -0.39 is 37.4 Å². The number of ether oxygens (including phenoxy) is 1. The zero-order chi connectivity index (χ0) is 34.3. The molecule has 0 unspecified atom stereocenters. The minimum atomic E-state index is -4.01. The van der Waals surface area contributed by atoms with E-state index in [1.165, 1.54) is 47.6 Å². The third-order valence-corrected chi connectivity index (χ3v) is 11.4. The molecule has 0 saturated heterocycles. The first-order chi connectivity index (χ1) is 21.4. The quantitative estimate of drug-likeness (QED) is 0.0576. The Bertz CT molecular complexity index is 1830. The van der Waals surface area contributed by atoms with Crippen molar-refractivity contribution in [2.75, 3.05) is 35.9 Å². The van der Waals surface area contributed by atoms with Crippen LogP contribution in [0.5, 0.6) is 0 Å². The van der Waals surface area contributed by atoms with Gasteiger partial charge in [0.1, 0.15) is 20.4 Å². The van der Waals surface area contributed by atoms with Gasteiger partial charge in [0, 0.05) is 29.8 Å². The predicted octanol–water partition coefficient (Wildman–Crippen LogP) is 5.99. The van der Waals surface area contributed by atoms with Gasteiger partial charge in [0.05, 0.1) is 26.0 Å². The van der Waals surface area contributed by atoms with Crippen LogP contribution in [0.25, 0.3) is 11.1 Å². The molecule has 1 aromatic heterocycles. The molecule has 16 heteroatoms. The summed E-state index contributed by atoms with van der Waals surface area (Å²) >= 11 is 2.43. The first kappa shape index (κ1) is 36.9. The van der Waals surface area contributed by atoms with Crippen LogP contribution in [0.1, 0.15) is 39.2 Å². The Kier molecular flexibility index (Phi) is 12.3. The fourth-order valence-corrected chi connectivity index (χ4v) is 8.89. The summed E-state index contributed by atoms with van der Waals surface area (Å²) in [6.07, 6.45) is 4.31. The zero-order valence-electron chi connectivity index (χ0n) is 26.5. The van der Waals surface area contributed by atoms with E-state index in [0.29, 0.717) is 50.1 Å². The topological polar surface area (TPSA) is 186 Å². The summed E-state index contributed by atoms with van der Waals surface area (Å²) in [6, 6.07) is 10.7. The molecule has 3 amide bonds. The van der Waals surface area contributed by atoms with Crippen LogP contribution in [0, 0.1) is 6.92 Å². The monoisotopic (exact) mass is 709 g/mol. The molecule has 1 heterocycles. The van der Waals surface area contributed by atoms with Crippen LogP contribution in [0.4, 0.5) is 26.0 Å². The lowest BCUT2D eigenvalue weighted by atomic mass is 9.97. The number of thioether (sulfide) groups is 1. The molecule has 250 valence electrons. The van der Waals surface area contributed by atoms with Crippen molar-refractivity contribution in [3.05, 3.63) is 48.0 Å². The number of amides is 3. The van der Waals surface area contributed by atoms with Gasteiger partial charge in [0.15, 0.2) is 0 Å². The SMILES string of the molecule is CSc1sc(/N=C/NC(=O)OC(C)(C)C)cc1S(=O)(=O)c1cccc(-c2c(C)cc(N)cc2NC(=O)NCCCCS(C)(=O)=O)c1. The highest BCUT2D eigenvalue weighted by Gasteiger charge is 2.25. The summed E-state index contributed by atoms with van der Waals surface area (Å²) in [4.78, 5) is 29.0. The molecule has 5 N–H and O–H groups in total. The summed E-state index contributed by atoms with van der Waals surface area (Å²) in [6.45, 7) is 7.28. The van der Waals surface area contributed by atoms with Crippen molar-refractivity contribution in [2.24, 2.45) is 4.99 Å². The number of benzene rings is 2. The molecule has 0 bridgehead atoms. The molecule has 12 nitrogen and oxygen atoms in total. The number of carbonyl (C=O) groups is 2. The smallest absolute Gasteiger partial charge is 0.412 e. The maximum absolute atomic E-state index is 13.9. The summed E-state index contributed by atoms with van der Waals surface area (Å²) in [5.41, 5.74) is 8.04. The third-order valence-electron chi connectivity index (χ3n) is 6.17. The Balaban J connectivity index is 1.86. The van der Waals surface area contributed by atoms with E-state index in [9.17, 15) is 26.4 Å². The Morgan fingerprint density at radius 2 is 1.80 bits per heavy atom. The number of alkyl carbamates (subject to hydrolysis) is 1. The lowest BCUT2D eigenvalue weighted by molar-refractivity contribution is 0.0565. The Labute approximate surface area is 278 Å². The number of nitrogen functional groups attached to an aromatic ring is 1. The number of nitrogens with two attached hydrogens (primary N) is 1. The van der Waals surface area contributed by atoms with Crippen LogP contribution in [-0.4, -0.2) is 65.7 Å². The minimum Gasteiger partial charge on any atom is -0.444 e. The average Bonchev–Trinajstić information content (AvgIpc) is 3.35. The Morgan fingerprint density at radius 3 is 2.46 bits per heavy atom. The highest BCUT2D eigenvalue weighted by Crippen LogP contribution is 2.42. The Hall–Kier alpha value is -3.60. The first-order valence-corrected chi connectivity index (χ1v) is 19.7. The number of aliphatic imine (C=N–C) groups is 1. The van der Waals surface area contributed by atoms with Gasteiger partial charge in [-0.25, -0.2) is 31.4 Å². The summed E-state index contributed by atoms with van der Waals surface area (Å²) in [5.74, 6) is 0.0394. The minimum absolute atomic E-state index is 0.0394. The highest BCUT2D eigenvalue weighted by atomic mass is 32.2. The van der Waals surface area contributed by atoms with E-state index in [4.69, 9.17) is 10.5 Å². The number of hydrogen-bond donors (Lipinski definition) is 4. The maximum atomic E-state index is 13.9. The summed E-state index contributed by atoms with van der Waals surface area (Å²) in [7, 11) is -7.08. The normalized spacial score (nSPS) is 12.2. The molecule has 3 rings (SSSR count). The van der Waals surface area contributed by atoms with Gasteiger partial charge >= 0.3 is 12.1 Å². The van der Waals surface area contributed by atoms with Gasteiger partial charge in [0.2, 0.25) is 9.84 Å². The van der Waals surface area contributed by atoms with Gasteiger partial charge in [-0.1, -0.05) is 12.1 Å². The average molecular weight is 710 g/mol. The van der Waals surface area contributed by atoms with E-state index in [1.807, 2.05) is 0 Å². The second kappa shape index (κ2) is 15.3. The van der Waals surface area contributed by atoms with Crippen molar-refractivity contribution in [1.29, 1.82) is 0 Å². The van der Waals surface area contributed by atoms with Crippen molar-refractivity contribution >= 4 is 77.6 Å². The number of aryl methyl sites for hydroxylation is 1. The number of rotatable bonds is 12. The molecular formula is C30H39N5O7S4. The number of hydrogen-bond acceptors (Lipinski definition) is 11. The van der Waals surface area contributed by atoms with E-state index in [2.05, 4.69) is 20.9 Å². The van der Waals surface area contributed by atoms with Crippen molar-refractivity contribution in [1.82, 2.24) is 10.6 Å². The molecule has 0 aliphatic rings. The molecule has 0 radical (unpaired) electrons. The van der Waals surface area contributed by atoms with Crippen LogP contribution in [0.15, 0.2) is 61.5 Å². The van der Waals surface area contributed by atoms with Gasteiger partial charge in [-0.3, -0.25) is 5.32 Å². The third kappa shape index (κ3) is 10.7. The molecule has 0 aliphatic heterocycles. The molecule has 0 fully saturated rings. The van der Waals surface area contributed by atoms with E-state index >= 15 is 0 Å². The number of sulfone groups is 2. The number of anilines is 2. The molecule has 0 atom stereocenters. The first-order valence-electron chi connectivity index (χ1n) is 14.1. The maximum Gasteiger partial charge on any atom is 0.412 e. The second-order valence-electron chi connectivity index (χ2n) is 11.4. The number of carbonyl (C=O) groups excluding carboxylic acids is 2. The Morgan fingerprint density at radius 1 is 1.09 bits per heavy atom. The van der Waals surface area contributed by atoms with Crippen LogP contribution in [0.2, 0.25) is 0 Å². The fourth-order valence-electron chi connectivity index (χ4n) is 4.30. The molecule has 0 saturated carbocycles. The second-order valence-corrected chi connectivity index (χ2v) is 17.6. The number of nitrogens with one attached hydrogen (secondary N) is 3. The number of thiophene rings is 1. The molecule has 3 aromatic rings. The van der Waals surface area contributed by atoms with E-state index in [0.717, 1.165) is 6.34 Å².